The Bertz CT molecular complexity index is 1270. The molecular weight excluding hydrogens is 492 g/mol. The summed E-state index contributed by atoms with van der Waals surface area (Å²) in [5, 5.41) is 19.6. The van der Waals surface area contributed by atoms with Crippen LogP contribution in [0, 0.1) is 11.3 Å². The van der Waals surface area contributed by atoms with Gasteiger partial charge in [0, 0.05) is 44.9 Å². The van der Waals surface area contributed by atoms with Crippen molar-refractivity contribution in [2.75, 3.05) is 51.3 Å². The van der Waals surface area contributed by atoms with E-state index in [1.54, 1.807) is 12.4 Å². The fourth-order valence-electron chi connectivity index (χ4n) is 4.47. The van der Waals surface area contributed by atoms with Crippen molar-refractivity contribution in [1.29, 1.82) is 5.41 Å². The molecule has 0 spiro atoms. The summed E-state index contributed by atoms with van der Waals surface area (Å²) in [6.45, 7) is 9.87. The van der Waals surface area contributed by atoms with Gasteiger partial charge in [0.2, 0.25) is 0 Å². The maximum Gasteiger partial charge on any atom is 0.154 e. The summed E-state index contributed by atoms with van der Waals surface area (Å²) in [6.07, 6.45) is 9.37. The van der Waals surface area contributed by atoms with Crippen molar-refractivity contribution in [3.63, 3.8) is 0 Å². The lowest BCUT2D eigenvalue weighted by Gasteiger charge is -2.30. The Kier molecular flexibility index (Phi) is 9.18. The number of pyridine rings is 2. The number of aliphatic imine (C=N–C) groups is 1. The summed E-state index contributed by atoms with van der Waals surface area (Å²) in [4.78, 5) is 16.4. The molecule has 5 rings (SSSR count). The zero-order chi connectivity index (χ0) is 27.0. The van der Waals surface area contributed by atoms with E-state index in [4.69, 9.17) is 24.9 Å². The molecule has 3 aromatic rings. The summed E-state index contributed by atoms with van der Waals surface area (Å²) >= 11 is 0. The molecule has 4 heterocycles. The number of fused-ring (bicyclic) bond motifs is 1. The molecule has 3 aromatic heterocycles. The Labute approximate surface area is 229 Å². The van der Waals surface area contributed by atoms with Gasteiger partial charge in [0.25, 0.3) is 0 Å². The molecule has 1 saturated carbocycles. The van der Waals surface area contributed by atoms with Gasteiger partial charge in [0.05, 0.1) is 49.0 Å². The van der Waals surface area contributed by atoms with E-state index in [2.05, 4.69) is 39.2 Å². The average Bonchev–Trinajstić information content (AvgIpc) is 3.79. The quantitative estimate of drug-likeness (QED) is 0.315. The zero-order valence-corrected chi connectivity index (χ0v) is 22.8. The van der Waals surface area contributed by atoms with Crippen LogP contribution in [0.5, 0.6) is 0 Å². The fourth-order valence-corrected chi connectivity index (χ4v) is 4.47. The highest BCUT2D eigenvalue weighted by Gasteiger charge is 2.24. The molecule has 1 aliphatic carbocycles. The van der Waals surface area contributed by atoms with E-state index >= 15 is 0 Å². The van der Waals surface area contributed by atoms with Crippen LogP contribution >= 0.6 is 0 Å². The minimum absolute atomic E-state index is 0.0358. The molecule has 0 aromatic carbocycles. The third-order valence-electron chi connectivity index (χ3n) is 7.13. The second-order valence-electron chi connectivity index (χ2n) is 10.7. The van der Waals surface area contributed by atoms with Crippen LogP contribution < -0.4 is 5.32 Å². The Morgan fingerprint density at radius 3 is 2.74 bits per heavy atom. The van der Waals surface area contributed by atoms with Crippen LogP contribution in [-0.2, 0) is 9.47 Å². The van der Waals surface area contributed by atoms with Crippen molar-refractivity contribution >= 4 is 35.1 Å². The summed E-state index contributed by atoms with van der Waals surface area (Å²) in [5.74, 6) is 2.09. The molecule has 2 unspecified atom stereocenters. The number of anilines is 2. The highest BCUT2D eigenvalue weighted by atomic mass is 16.5. The summed E-state index contributed by atoms with van der Waals surface area (Å²) in [5.41, 5.74) is 3.50. The average molecular weight is 531 g/mol. The SMILES string of the molecule is CC(C)c1cnnc(Nc2ccc3ncc(C(C=N)C=NCC(CN4CCOCC4)OCC4CC4)cc3n2)c1. The van der Waals surface area contributed by atoms with Crippen molar-refractivity contribution in [3.8, 4) is 0 Å². The van der Waals surface area contributed by atoms with Crippen molar-refractivity contribution < 1.29 is 9.47 Å². The van der Waals surface area contributed by atoms with E-state index in [0.717, 1.165) is 61.6 Å². The van der Waals surface area contributed by atoms with Gasteiger partial charge in [0.15, 0.2) is 5.82 Å². The monoisotopic (exact) mass is 530 g/mol. The number of hydrogen-bond donors (Lipinski definition) is 2. The van der Waals surface area contributed by atoms with Crippen LogP contribution in [0.1, 0.15) is 49.7 Å². The van der Waals surface area contributed by atoms with Crippen molar-refractivity contribution in [2.24, 2.45) is 10.9 Å². The number of morpholine rings is 1. The number of ether oxygens (including phenoxy) is 2. The molecule has 10 nitrogen and oxygen atoms in total. The topological polar surface area (TPSA) is 122 Å². The molecule has 1 saturated heterocycles. The molecule has 2 atom stereocenters. The van der Waals surface area contributed by atoms with Gasteiger partial charge in [-0.05, 0) is 60.1 Å². The lowest BCUT2D eigenvalue weighted by Crippen LogP contribution is -2.42. The molecule has 1 aliphatic heterocycles. The van der Waals surface area contributed by atoms with Crippen LogP contribution in [0.15, 0.2) is 41.7 Å². The highest BCUT2D eigenvalue weighted by molar-refractivity contribution is 5.90. The molecule has 39 heavy (non-hydrogen) atoms. The van der Waals surface area contributed by atoms with E-state index < -0.39 is 0 Å². The molecule has 0 bridgehead atoms. The maximum atomic E-state index is 8.04. The fraction of sp³-hybridized carbons (Fsp3) is 0.517. The number of nitrogens with one attached hydrogen (secondary N) is 2. The Hall–Kier alpha value is -3.34. The normalized spacial score (nSPS) is 18.0. The third kappa shape index (κ3) is 7.84. The van der Waals surface area contributed by atoms with E-state index in [9.17, 15) is 0 Å². The first-order valence-corrected chi connectivity index (χ1v) is 13.9. The molecule has 2 N–H and O–H groups in total. The molecule has 2 aliphatic rings. The molecule has 206 valence electrons. The molecule has 0 radical (unpaired) electrons. The number of nitrogens with zero attached hydrogens (tertiary/aromatic N) is 6. The van der Waals surface area contributed by atoms with E-state index in [-0.39, 0.29) is 12.0 Å². The molecular formula is C29H38N8O2. The Morgan fingerprint density at radius 2 is 1.97 bits per heavy atom. The van der Waals surface area contributed by atoms with Gasteiger partial charge >= 0.3 is 0 Å². The summed E-state index contributed by atoms with van der Waals surface area (Å²) < 4.78 is 11.7. The van der Waals surface area contributed by atoms with Gasteiger partial charge in [-0.1, -0.05) is 13.8 Å². The van der Waals surface area contributed by atoms with Crippen LogP contribution in [0.2, 0.25) is 0 Å². The minimum Gasteiger partial charge on any atom is -0.379 e. The summed E-state index contributed by atoms with van der Waals surface area (Å²) in [6, 6.07) is 7.76. The van der Waals surface area contributed by atoms with Gasteiger partial charge in [-0.3, -0.25) is 14.9 Å². The molecule has 10 heteroatoms. The van der Waals surface area contributed by atoms with Crippen LogP contribution in [-0.4, -0.2) is 89.6 Å². The largest absolute Gasteiger partial charge is 0.379 e. The number of hydrogen-bond acceptors (Lipinski definition) is 10. The first kappa shape index (κ1) is 27.2. The lowest BCUT2D eigenvalue weighted by molar-refractivity contribution is -0.0112. The maximum absolute atomic E-state index is 8.04. The van der Waals surface area contributed by atoms with E-state index in [1.165, 1.54) is 19.1 Å². The van der Waals surface area contributed by atoms with Crippen LogP contribution in [0.4, 0.5) is 11.6 Å². The lowest BCUT2D eigenvalue weighted by atomic mass is 10.0. The van der Waals surface area contributed by atoms with Gasteiger partial charge in [0.1, 0.15) is 5.82 Å². The van der Waals surface area contributed by atoms with Gasteiger partial charge < -0.3 is 20.2 Å². The third-order valence-corrected chi connectivity index (χ3v) is 7.13. The molecule has 2 fully saturated rings. The Morgan fingerprint density at radius 1 is 1.13 bits per heavy atom. The van der Waals surface area contributed by atoms with Crippen LogP contribution in [0.25, 0.3) is 11.0 Å². The zero-order valence-electron chi connectivity index (χ0n) is 22.8. The predicted octanol–water partition coefficient (Wildman–Crippen LogP) is 4.22. The van der Waals surface area contributed by atoms with Gasteiger partial charge in [-0.25, -0.2) is 4.98 Å². The van der Waals surface area contributed by atoms with Gasteiger partial charge in [-0.2, -0.15) is 5.10 Å². The first-order chi connectivity index (χ1) is 19.1. The van der Waals surface area contributed by atoms with Crippen molar-refractivity contribution in [2.45, 2.75) is 44.6 Å². The standard InChI is InChI=1S/C29H38N8O2/c1-20(2)22-12-29(36-33-16-22)35-28-6-5-26-27(34-28)11-23(15-32-26)24(13-30)14-31-17-25(39-19-21-3-4-21)18-37-7-9-38-10-8-37/h5-6,11-16,20-21,24-25,30H,3-4,7-10,17-19H2,1-2H3,(H,34,35,36). The van der Waals surface area contributed by atoms with Crippen molar-refractivity contribution in [3.05, 3.63) is 47.8 Å². The van der Waals surface area contributed by atoms with E-state index in [1.807, 2.05) is 30.5 Å². The molecule has 0 amide bonds. The smallest absolute Gasteiger partial charge is 0.154 e. The minimum atomic E-state index is -0.290. The highest BCUT2D eigenvalue weighted by Crippen LogP contribution is 2.29. The Balaban J connectivity index is 1.26. The first-order valence-electron chi connectivity index (χ1n) is 13.9. The second kappa shape index (κ2) is 13.1. The second-order valence-corrected chi connectivity index (χ2v) is 10.7. The number of aromatic nitrogens is 4. The van der Waals surface area contributed by atoms with Crippen LogP contribution in [0.3, 0.4) is 0 Å². The van der Waals surface area contributed by atoms with E-state index in [0.29, 0.717) is 30.0 Å². The number of rotatable bonds is 13. The van der Waals surface area contributed by atoms with Crippen molar-refractivity contribution in [1.82, 2.24) is 25.1 Å². The van der Waals surface area contributed by atoms with Gasteiger partial charge in [-0.15, -0.1) is 5.10 Å². The predicted molar refractivity (Wildman–Crippen MR) is 154 cm³/mol. The summed E-state index contributed by atoms with van der Waals surface area (Å²) in [7, 11) is 0.